The van der Waals surface area contributed by atoms with Gasteiger partial charge in [-0.2, -0.15) is 0 Å². The third-order valence-electron chi connectivity index (χ3n) is 4.40. The van der Waals surface area contributed by atoms with E-state index >= 15 is 0 Å². The van der Waals surface area contributed by atoms with Crippen LogP contribution in [0.2, 0.25) is 10.0 Å². The van der Waals surface area contributed by atoms with Crippen molar-refractivity contribution < 1.29 is 13.9 Å². The number of hydrogen-bond acceptors (Lipinski definition) is 4. The molecule has 144 valence electrons. The monoisotopic (exact) mass is 424 g/mol. The van der Waals surface area contributed by atoms with Crippen LogP contribution in [0.15, 0.2) is 75.9 Å². The molecule has 0 N–H and O–H groups in total. The average molecular weight is 425 g/mol. The van der Waals surface area contributed by atoms with E-state index in [1.165, 1.54) is 12.1 Å². The highest BCUT2D eigenvalue weighted by Gasteiger charge is 2.22. The van der Waals surface area contributed by atoms with Gasteiger partial charge in [0.1, 0.15) is 5.58 Å². The fourth-order valence-corrected chi connectivity index (χ4v) is 3.29. The summed E-state index contributed by atoms with van der Waals surface area (Å²) in [4.78, 5) is 25.9. The van der Waals surface area contributed by atoms with Gasteiger partial charge in [-0.1, -0.05) is 47.0 Å². The van der Waals surface area contributed by atoms with Crippen LogP contribution in [0.3, 0.4) is 0 Å². The molecule has 0 aliphatic rings. The van der Waals surface area contributed by atoms with Gasteiger partial charge < -0.3 is 9.15 Å². The van der Waals surface area contributed by atoms with Crippen LogP contribution in [-0.4, -0.2) is 5.97 Å². The van der Waals surface area contributed by atoms with Crippen molar-refractivity contribution in [3.05, 3.63) is 98.1 Å². The van der Waals surface area contributed by atoms with E-state index in [0.717, 1.165) is 5.56 Å². The van der Waals surface area contributed by atoms with E-state index in [1.807, 2.05) is 13.0 Å². The zero-order valence-corrected chi connectivity index (χ0v) is 16.8. The molecule has 0 saturated heterocycles. The molecule has 4 rings (SSSR count). The Morgan fingerprint density at radius 2 is 1.69 bits per heavy atom. The van der Waals surface area contributed by atoms with Crippen molar-refractivity contribution in [1.29, 1.82) is 0 Å². The first-order chi connectivity index (χ1) is 13.9. The molecule has 3 aromatic carbocycles. The highest BCUT2D eigenvalue weighted by molar-refractivity contribution is 6.33. The first-order valence-electron chi connectivity index (χ1n) is 8.74. The summed E-state index contributed by atoms with van der Waals surface area (Å²) < 4.78 is 11.5. The van der Waals surface area contributed by atoms with Gasteiger partial charge >= 0.3 is 5.97 Å². The Hall–Kier alpha value is -3.08. The lowest BCUT2D eigenvalue weighted by atomic mass is 10.1. The lowest BCUT2D eigenvalue weighted by Crippen LogP contribution is -2.16. The fourth-order valence-electron chi connectivity index (χ4n) is 2.94. The van der Waals surface area contributed by atoms with E-state index in [0.29, 0.717) is 26.6 Å². The van der Waals surface area contributed by atoms with Gasteiger partial charge in [0.2, 0.25) is 11.2 Å². The van der Waals surface area contributed by atoms with Crippen molar-refractivity contribution in [1.82, 2.24) is 0 Å². The van der Waals surface area contributed by atoms with Crippen molar-refractivity contribution in [2.75, 3.05) is 0 Å². The molecular weight excluding hydrogens is 411 g/mol. The molecule has 6 heteroatoms. The molecule has 0 aliphatic carbocycles. The zero-order chi connectivity index (χ0) is 20.5. The molecule has 29 heavy (non-hydrogen) atoms. The minimum absolute atomic E-state index is 0.0965. The van der Waals surface area contributed by atoms with Gasteiger partial charge in [-0.25, -0.2) is 4.79 Å². The molecule has 4 aromatic rings. The van der Waals surface area contributed by atoms with E-state index in [2.05, 4.69) is 0 Å². The number of hydrogen-bond donors (Lipinski definition) is 0. The Morgan fingerprint density at radius 3 is 2.41 bits per heavy atom. The summed E-state index contributed by atoms with van der Waals surface area (Å²) >= 11 is 12.2. The summed E-state index contributed by atoms with van der Waals surface area (Å²) in [6.45, 7) is 1.86. The average Bonchev–Trinajstić information content (AvgIpc) is 2.71. The third kappa shape index (κ3) is 3.77. The zero-order valence-electron chi connectivity index (χ0n) is 15.2. The van der Waals surface area contributed by atoms with Crippen LogP contribution in [0.1, 0.15) is 15.9 Å². The van der Waals surface area contributed by atoms with E-state index in [1.54, 1.807) is 48.5 Å². The van der Waals surface area contributed by atoms with Crippen molar-refractivity contribution in [3.8, 4) is 17.1 Å². The van der Waals surface area contributed by atoms with Crippen molar-refractivity contribution in [2.45, 2.75) is 6.92 Å². The smallest absolute Gasteiger partial charge is 0.343 e. The summed E-state index contributed by atoms with van der Waals surface area (Å²) in [7, 11) is 0. The van der Waals surface area contributed by atoms with Crippen LogP contribution in [0.5, 0.6) is 5.75 Å². The molecule has 0 spiro atoms. The second kappa shape index (κ2) is 7.74. The normalized spacial score (nSPS) is 10.9. The summed E-state index contributed by atoms with van der Waals surface area (Å²) in [5.74, 6) is -0.815. The Bertz CT molecular complexity index is 1290. The van der Waals surface area contributed by atoms with Gasteiger partial charge in [0.25, 0.3) is 0 Å². The number of fused-ring (bicyclic) bond motifs is 1. The number of benzene rings is 3. The molecule has 0 fully saturated rings. The Labute approximate surface area is 176 Å². The number of carbonyl (C=O) groups is 1. The first-order valence-corrected chi connectivity index (χ1v) is 9.50. The van der Waals surface area contributed by atoms with Crippen molar-refractivity contribution >= 4 is 40.1 Å². The van der Waals surface area contributed by atoms with Gasteiger partial charge in [-0.3, -0.25) is 4.79 Å². The molecule has 0 amide bonds. The second-order valence-corrected chi connectivity index (χ2v) is 7.31. The topological polar surface area (TPSA) is 56.5 Å². The lowest BCUT2D eigenvalue weighted by molar-refractivity contribution is 0.0731. The molecule has 1 aromatic heterocycles. The van der Waals surface area contributed by atoms with E-state index in [4.69, 9.17) is 32.4 Å². The van der Waals surface area contributed by atoms with E-state index < -0.39 is 11.4 Å². The summed E-state index contributed by atoms with van der Waals surface area (Å²) in [6, 6.07) is 18.3. The van der Waals surface area contributed by atoms with E-state index in [-0.39, 0.29) is 17.1 Å². The van der Waals surface area contributed by atoms with E-state index in [9.17, 15) is 9.59 Å². The van der Waals surface area contributed by atoms with Crippen LogP contribution >= 0.6 is 23.2 Å². The third-order valence-corrected chi connectivity index (χ3v) is 4.98. The van der Waals surface area contributed by atoms with Crippen LogP contribution in [-0.2, 0) is 0 Å². The number of aryl methyl sites for hydroxylation is 1. The minimum atomic E-state index is -0.700. The quantitative estimate of drug-likeness (QED) is 0.362. The van der Waals surface area contributed by atoms with Crippen LogP contribution in [0.25, 0.3) is 22.3 Å². The summed E-state index contributed by atoms with van der Waals surface area (Å²) in [5.41, 5.74) is 1.51. The largest absolute Gasteiger partial charge is 0.452 e. The van der Waals surface area contributed by atoms with Gasteiger partial charge in [0.05, 0.1) is 16.0 Å². The number of ether oxygens (including phenoxy) is 1. The number of carbonyl (C=O) groups excluding carboxylic acids is 1. The maximum atomic E-state index is 13.2. The predicted octanol–water partition coefficient (Wildman–Crippen LogP) is 6.29. The standard InChI is InChI=1S/C23H14Cl2O4/c1-13-6-11-19-17(12-13)20(26)22(21(28-19)16-4-2-3-5-18(16)25)29-23(27)14-7-9-15(24)10-8-14/h2-12H,1H3. The minimum Gasteiger partial charge on any atom is -0.452 e. The van der Waals surface area contributed by atoms with Gasteiger partial charge in [-0.15, -0.1) is 0 Å². The predicted molar refractivity (Wildman–Crippen MR) is 114 cm³/mol. The van der Waals surface area contributed by atoms with Crippen LogP contribution < -0.4 is 10.2 Å². The number of rotatable bonds is 3. The van der Waals surface area contributed by atoms with Crippen molar-refractivity contribution in [2.24, 2.45) is 0 Å². The van der Waals surface area contributed by atoms with Gasteiger partial charge in [0, 0.05) is 10.6 Å². The molecule has 0 radical (unpaired) electrons. The Kier molecular flexibility index (Phi) is 5.14. The van der Waals surface area contributed by atoms with Gasteiger partial charge in [-0.05, 0) is 55.5 Å². The molecule has 0 bridgehead atoms. The Balaban J connectivity index is 1.92. The first kappa shape index (κ1) is 19.2. The van der Waals surface area contributed by atoms with Crippen LogP contribution in [0.4, 0.5) is 0 Å². The fraction of sp³-hybridized carbons (Fsp3) is 0.0435. The number of halogens is 2. The molecule has 0 saturated carbocycles. The molecule has 4 nitrogen and oxygen atoms in total. The lowest BCUT2D eigenvalue weighted by Gasteiger charge is -2.12. The molecular formula is C23H14Cl2O4. The maximum absolute atomic E-state index is 13.2. The molecule has 0 unspecified atom stereocenters. The molecule has 0 aliphatic heterocycles. The van der Waals surface area contributed by atoms with Gasteiger partial charge in [0.15, 0.2) is 5.76 Å². The highest BCUT2D eigenvalue weighted by atomic mass is 35.5. The molecule has 0 atom stereocenters. The summed E-state index contributed by atoms with van der Waals surface area (Å²) in [6.07, 6.45) is 0. The second-order valence-electron chi connectivity index (χ2n) is 6.47. The van der Waals surface area contributed by atoms with Crippen LogP contribution in [0, 0.1) is 6.92 Å². The van der Waals surface area contributed by atoms with Crippen molar-refractivity contribution in [3.63, 3.8) is 0 Å². The number of esters is 1. The SMILES string of the molecule is Cc1ccc2oc(-c3ccccc3Cl)c(OC(=O)c3ccc(Cl)cc3)c(=O)c2c1. The Morgan fingerprint density at radius 1 is 0.966 bits per heavy atom. The molecule has 1 heterocycles. The maximum Gasteiger partial charge on any atom is 0.343 e. The highest BCUT2D eigenvalue weighted by Crippen LogP contribution is 2.35. The summed E-state index contributed by atoms with van der Waals surface area (Å²) in [5, 5.41) is 1.17.